The molecule has 0 unspecified atom stereocenters. The molecule has 3 aromatic rings. The van der Waals surface area contributed by atoms with Gasteiger partial charge in [0.1, 0.15) is 17.2 Å². The molecule has 1 saturated heterocycles. The van der Waals surface area contributed by atoms with Gasteiger partial charge in [-0.3, -0.25) is 19.7 Å². The molecule has 186 valence electrons. The van der Waals surface area contributed by atoms with Crippen LogP contribution in [0.2, 0.25) is 0 Å². The Morgan fingerprint density at radius 3 is 2.47 bits per heavy atom. The first kappa shape index (κ1) is 24.9. The molecule has 0 saturated carbocycles. The van der Waals surface area contributed by atoms with Crippen LogP contribution in [0, 0.1) is 17.0 Å². The number of nitro groups is 1. The maximum Gasteiger partial charge on any atom is 0.280 e. The average molecular weight is 510 g/mol. The van der Waals surface area contributed by atoms with E-state index >= 15 is 0 Å². The van der Waals surface area contributed by atoms with Gasteiger partial charge in [0.15, 0.2) is 9.84 Å². The maximum absolute atomic E-state index is 13.0. The summed E-state index contributed by atoms with van der Waals surface area (Å²) in [4.78, 5) is 36.7. The molecule has 4 rings (SSSR count). The zero-order chi connectivity index (χ0) is 25.9. The molecule has 1 aromatic heterocycles. The molecule has 36 heavy (non-hydrogen) atoms. The van der Waals surface area contributed by atoms with E-state index in [2.05, 4.69) is 10.6 Å². The summed E-state index contributed by atoms with van der Waals surface area (Å²) in [6, 6.07) is 15.3. The second kappa shape index (κ2) is 10.2. The fourth-order valence-corrected chi connectivity index (χ4v) is 5.46. The number of carbonyl (C=O) groups is 2. The molecule has 0 bridgehead atoms. The minimum Gasteiger partial charge on any atom is -0.456 e. The van der Waals surface area contributed by atoms with Crippen LogP contribution in [0.25, 0.3) is 17.4 Å². The van der Waals surface area contributed by atoms with Gasteiger partial charge >= 0.3 is 0 Å². The lowest BCUT2D eigenvalue weighted by atomic mass is 10.1. The number of hydrogen-bond donors (Lipinski definition) is 2. The lowest BCUT2D eigenvalue weighted by Gasteiger charge is -2.14. The van der Waals surface area contributed by atoms with Crippen molar-refractivity contribution in [2.45, 2.75) is 19.4 Å². The van der Waals surface area contributed by atoms with Gasteiger partial charge in [0, 0.05) is 23.7 Å². The fourth-order valence-electron chi connectivity index (χ4n) is 3.79. The third-order valence-corrected chi connectivity index (χ3v) is 7.42. The number of aryl methyl sites for hydroxylation is 1. The number of amides is 2. The summed E-state index contributed by atoms with van der Waals surface area (Å²) in [5, 5.41) is 16.6. The number of carbonyl (C=O) groups excluding carboxylic acids is 2. The van der Waals surface area contributed by atoms with Gasteiger partial charge in [0.05, 0.1) is 22.0 Å². The van der Waals surface area contributed by atoms with E-state index in [9.17, 15) is 28.1 Å². The minimum absolute atomic E-state index is 0.0237. The van der Waals surface area contributed by atoms with Crippen LogP contribution in [0.15, 0.2) is 70.8 Å². The summed E-state index contributed by atoms with van der Waals surface area (Å²) in [7, 11) is -3.23. The van der Waals surface area contributed by atoms with Crippen molar-refractivity contribution in [2.24, 2.45) is 0 Å². The number of hydrogen-bond acceptors (Lipinski definition) is 7. The monoisotopic (exact) mass is 509 g/mol. The summed E-state index contributed by atoms with van der Waals surface area (Å²) >= 11 is 0. The number of benzene rings is 2. The van der Waals surface area contributed by atoms with Crippen LogP contribution in [0.1, 0.15) is 28.1 Å². The van der Waals surface area contributed by atoms with Crippen molar-refractivity contribution >= 4 is 33.4 Å². The van der Waals surface area contributed by atoms with E-state index in [0.29, 0.717) is 5.56 Å². The first-order valence-corrected chi connectivity index (χ1v) is 12.9. The number of rotatable bonds is 7. The number of nitro benzene ring substituents is 1. The highest BCUT2D eigenvalue weighted by molar-refractivity contribution is 7.91. The number of furan rings is 1. The average Bonchev–Trinajstić information content (AvgIpc) is 3.44. The van der Waals surface area contributed by atoms with Crippen LogP contribution in [0.3, 0.4) is 0 Å². The van der Waals surface area contributed by atoms with E-state index in [-0.39, 0.29) is 46.4 Å². The van der Waals surface area contributed by atoms with Crippen molar-refractivity contribution in [3.05, 3.63) is 93.4 Å². The minimum atomic E-state index is -3.23. The van der Waals surface area contributed by atoms with E-state index < -0.39 is 32.6 Å². The first-order valence-electron chi connectivity index (χ1n) is 11.1. The Kier molecular flexibility index (Phi) is 7.02. The van der Waals surface area contributed by atoms with Crippen molar-refractivity contribution in [1.82, 2.24) is 10.6 Å². The quantitative estimate of drug-likeness (QED) is 0.282. The molecular formula is C25H23N3O7S. The summed E-state index contributed by atoms with van der Waals surface area (Å²) in [5.74, 6) is -1.05. The van der Waals surface area contributed by atoms with Gasteiger partial charge < -0.3 is 15.1 Å². The van der Waals surface area contributed by atoms with Crippen molar-refractivity contribution in [3.63, 3.8) is 0 Å². The molecule has 0 aliphatic carbocycles. The smallest absolute Gasteiger partial charge is 0.280 e. The van der Waals surface area contributed by atoms with Gasteiger partial charge in [-0.1, -0.05) is 29.8 Å². The van der Waals surface area contributed by atoms with Gasteiger partial charge in [0.25, 0.3) is 17.5 Å². The van der Waals surface area contributed by atoms with E-state index in [1.54, 1.807) is 30.3 Å². The Hall–Kier alpha value is -4.25. The molecule has 1 fully saturated rings. The maximum atomic E-state index is 13.0. The molecule has 2 heterocycles. The Morgan fingerprint density at radius 1 is 1.08 bits per heavy atom. The zero-order valence-electron chi connectivity index (χ0n) is 19.3. The van der Waals surface area contributed by atoms with E-state index in [1.807, 2.05) is 6.92 Å². The molecule has 1 aliphatic heterocycles. The van der Waals surface area contributed by atoms with Crippen molar-refractivity contribution in [2.75, 3.05) is 11.5 Å². The Bertz CT molecular complexity index is 1460. The lowest BCUT2D eigenvalue weighted by Crippen LogP contribution is -2.41. The van der Waals surface area contributed by atoms with Gasteiger partial charge in [-0.25, -0.2) is 8.42 Å². The van der Waals surface area contributed by atoms with Crippen molar-refractivity contribution in [3.8, 4) is 11.3 Å². The third kappa shape index (κ3) is 5.87. The molecule has 10 nitrogen and oxygen atoms in total. The molecular weight excluding hydrogens is 486 g/mol. The van der Waals surface area contributed by atoms with Gasteiger partial charge in [-0.05, 0) is 43.7 Å². The normalized spacial score (nSPS) is 16.9. The fraction of sp³-hybridized carbons (Fsp3) is 0.200. The second-order valence-corrected chi connectivity index (χ2v) is 10.7. The zero-order valence-corrected chi connectivity index (χ0v) is 20.1. The molecule has 1 aliphatic rings. The number of nitrogens with zero attached hydrogens (tertiary/aromatic N) is 1. The molecule has 2 N–H and O–H groups in total. The van der Waals surface area contributed by atoms with Crippen LogP contribution in [0.4, 0.5) is 5.69 Å². The van der Waals surface area contributed by atoms with Crippen LogP contribution in [0.5, 0.6) is 0 Å². The summed E-state index contributed by atoms with van der Waals surface area (Å²) in [6.45, 7) is 1.88. The first-order chi connectivity index (χ1) is 17.1. The van der Waals surface area contributed by atoms with Crippen molar-refractivity contribution in [1.29, 1.82) is 0 Å². The molecule has 1 atom stereocenters. The second-order valence-electron chi connectivity index (χ2n) is 8.43. The number of nitrogens with one attached hydrogen (secondary N) is 2. The summed E-state index contributed by atoms with van der Waals surface area (Å²) in [5.41, 5.74) is 1.24. The SMILES string of the molecule is Cc1ccc(C(=O)N/C(=C\c2ccc(-c3ccccc3[N+](=O)[O-])o2)C(=O)N[C@H]2CCS(=O)(=O)C2)cc1. The predicted octanol–water partition coefficient (Wildman–Crippen LogP) is 3.24. The predicted molar refractivity (Wildman–Crippen MR) is 133 cm³/mol. The third-order valence-electron chi connectivity index (χ3n) is 5.65. The van der Waals surface area contributed by atoms with Gasteiger partial charge in [0.2, 0.25) is 0 Å². The van der Waals surface area contributed by atoms with E-state index in [4.69, 9.17) is 4.42 Å². The summed E-state index contributed by atoms with van der Waals surface area (Å²) in [6.07, 6.45) is 1.57. The van der Waals surface area contributed by atoms with Crippen LogP contribution in [-0.4, -0.2) is 42.7 Å². The van der Waals surface area contributed by atoms with Crippen LogP contribution < -0.4 is 10.6 Å². The van der Waals surface area contributed by atoms with Crippen LogP contribution >= 0.6 is 0 Å². The van der Waals surface area contributed by atoms with E-state index in [1.165, 1.54) is 36.4 Å². The molecule has 0 radical (unpaired) electrons. The number of sulfone groups is 1. The number of para-hydroxylation sites is 1. The Balaban J connectivity index is 1.63. The Labute approximate surface area is 207 Å². The van der Waals surface area contributed by atoms with Crippen molar-refractivity contribution < 1.29 is 27.3 Å². The largest absolute Gasteiger partial charge is 0.456 e. The standard InChI is InChI=1S/C25H23N3O7S/c1-16-6-8-17(9-7-16)24(29)27-21(25(30)26-18-12-13-36(33,34)15-18)14-19-10-11-23(35-19)20-4-2-3-5-22(20)28(31)32/h2-11,14,18H,12-13,15H2,1H3,(H,26,30)(H,27,29)/b21-14-/t18-/m0/s1. The highest BCUT2D eigenvalue weighted by atomic mass is 32.2. The topological polar surface area (TPSA) is 149 Å². The molecule has 2 aromatic carbocycles. The molecule has 11 heteroatoms. The summed E-state index contributed by atoms with van der Waals surface area (Å²) < 4.78 is 29.3. The van der Waals surface area contributed by atoms with Gasteiger partial charge in [-0.2, -0.15) is 0 Å². The molecule has 2 amide bonds. The highest BCUT2D eigenvalue weighted by Gasteiger charge is 2.30. The van der Waals surface area contributed by atoms with Gasteiger partial charge in [-0.15, -0.1) is 0 Å². The lowest BCUT2D eigenvalue weighted by molar-refractivity contribution is -0.384. The van der Waals surface area contributed by atoms with Crippen LogP contribution in [-0.2, 0) is 14.6 Å². The molecule has 0 spiro atoms. The Morgan fingerprint density at radius 2 is 1.81 bits per heavy atom. The van der Waals surface area contributed by atoms with E-state index in [0.717, 1.165) is 5.56 Å². The highest BCUT2D eigenvalue weighted by Crippen LogP contribution is 2.31.